The fourth-order valence-electron chi connectivity index (χ4n) is 0.557. The predicted octanol–water partition coefficient (Wildman–Crippen LogP) is 1.03. The predicted molar refractivity (Wildman–Crippen MR) is 46.4 cm³/mol. The molecular formula is C5H9N3S2. The zero-order valence-electron chi connectivity index (χ0n) is 5.70. The Kier molecular flexibility index (Phi) is 2.95. The van der Waals surface area contributed by atoms with Crippen molar-refractivity contribution in [2.75, 3.05) is 17.7 Å². The first-order valence-electron chi connectivity index (χ1n) is 2.89. The third-order valence-corrected chi connectivity index (χ3v) is 2.43. The fraction of sp³-hybridized carbons (Fsp3) is 0.600. The van der Waals surface area contributed by atoms with E-state index >= 15 is 0 Å². The molecule has 0 saturated heterocycles. The SMILES string of the molecule is CSCCc1nnc(N)s1. The number of hydrogen-bond donors (Lipinski definition) is 1. The molecule has 0 aliphatic carbocycles. The molecule has 1 heterocycles. The molecule has 0 saturated carbocycles. The van der Waals surface area contributed by atoms with Crippen molar-refractivity contribution in [1.29, 1.82) is 0 Å². The second kappa shape index (κ2) is 3.78. The summed E-state index contributed by atoms with van der Waals surface area (Å²) < 4.78 is 0. The van der Waals surface area contributed by atoms with Gasteiger partial charge in [-0.15, -0.1) is 10.2 Å². The summed E-state index contributed by atoms with van der Waals surface area (Å²) in [5.74, 6) is 1.09. The molecule has 0 atom stereocenters. The van der Waals surface area contributed by atoms with E-state index in [-0.39, 0.29) is 0 Å². The van der Waals surface area contributed by atoms with E-state index in [1.54, 1.807) is 11.8 Å². The number of anilines is 1. The van der Waals surface area contributed by atoms with Crippen LogP contribution in [-0.4, -0.2) is 22.2 Å². The zero-order valence-corrected chi connectivity index (χ0v) is 7.34. The van der Waals surface area contributed by atoms with Gasteiger partial charge < -0.3 is 5.73 Å². The number of nitrogen functional groups attached to an aromatic ring is 1. The van der Waals surface area contributed by atoms with Crippen LogP contribution in [0.25, 0.3) is 0 Å². The smallest absolute Gasteiger partial charge is 0.203 e. The van der Waals surface area contributed by atoms with Gasteiger partial charge in [-0.3, -0.25) is 0 Å². The van der Waals surface area contributed by atoms with Crippen molar-refractivity contribution in [2.24, 2.45) is 0 Å². The lowest BCUT2D eigenvalue weighted by molar-refractivity contribution is 0.994. The topological polar surface area (TPSA) is 51.8 Å². The molecule has 0 unspecified atom stereocenters. The van der Waals surface area contributed by atoms with Crippen molar-refractivity contribution in [3.63, 3.8) is 0 Å². The van der Waals surface area contributed by atoms with E-state index in [1.165, 1.54) is 11.3 Å². The largest absolute Gasteiger partial charge is 0.374 e. The van der Waals surface area contributed by atoms with Crippen molar-refractivity contribution >= 4 is 28.2 Å². The summed E-state index contributed by atoms with van der Waals surface area (Å²) >= 11 is 3.27. The average molecular weight is 175 g/mol. The lowest BCUT2D eigenvalue weighted by atomic mass is 10.5. The quantitative estimate of drug-likeness (QED) is 0.745. The number of nitrogens with two attached hydrogens (primary N) is 1. The summed E-state index contributed by atoms with van der Waals surface area (Å²) in [5.41, 5.74) is 5.39. The lowest BCUT2D eigenvalue weighted by Crippen LogP contribution is -1.85. The van der Waals surface area contributed by atoms with Gasteiger partial charge in [-0.1, -0.05) is 11.3 Å². The van der Waals surface area contributed by atoms with Crippen molar-refractivity contribution in [1.82, 2.24) is 10.2 Å². The molecule has 0 bridgehead atoms. The van der Waals surface area contributed by atoms with Crippen LogP contribution in [0, 0.1) is 0 Å². The highest BCUT2D eigenvalue weighted by atomic mass is 32.2. The van der Waals surface area contributed by atoms with E-state index < -0.39 is 0 Å². The van der Waals surface area contributed by atoms with Crippen LogP contribution in [0.5, 0.6) is 0 Å². The third kappa shape index (κ3) is 2.15. The van der Waals surface area contributed by atoms with Gasteiger partial charge >= 0.3 is 0 Å². The molecule has 0 spiro atoms. The number of hydrogen-bond acceptors (Lipinski definition) is 5. The minimum absolute atomic E-state index is 0.566. The zero-order chi connectivity index (χ0) is 7.40. The molecule has 5 heteroatoms. The van der Waals surface area contributed by atoms with E-state index in [0.717, 1.165) is 17.2 Å². The third-order valence-electron chi connectivity index (χ3n) is 1.00. The highest BCUT2D eigenvalue weighted by molar-refractivity contribution is 7.98. The molecule has 10 heavy (non-hydrogen) atoms. The van der Waals surface area contributed by atoms with Gasteiger partial charge in [0.05, 0.1) is 0 Å². The summed E-state index contributed by atoms with van der Waals surface area (Å²) in [4.78, 5) is 0. The Balaban J connectivity index is 2.42. The van der Waals surface area contributed by atoms with Gasteiger partial charge in [-0.05, 0) is 12.0 Å². The van der Waals surface area contributed by atoms with Crippen LogP contribution >= 0.6 is 23.1 Å². The molecule has 0 amide bonds. The van der Waals surface area contributed by atoms with Crippen molar-refractivity contribution in [3.8, 4) is 0 Å². The Morgan fingerprint density at radius 3 is 2.90 bits per heavy atom. The van der Waals surface area contributed by atoms with E-state index in [2.05, 4.69) is 16.5 Å². The molecular weight excluding hydrogens is 166 g/mol. The second-order valence-corrected chi connectivity index (χ2v) is 3.86. The minimum atomic E-state index is 0.566. The monoisotopic (exact) mass is 175 g/mol. The minimum Gasteiger partial charge on any atom is -0.374 e. The fourth-order valence-corrected chi connectivity index (χ4v) is 1.69. The van der Waals surface area contributed by atoms with E-state index in [9.17, 15) is 0 Å². The summed E-state index contributed by atoms with van der Waals surface area (Å²) in [6.45, 7) is 0. The molecule has 1 aromatic heterocycles. The van der Waals surface area contributed by atoms with Crippen LogP contribution in [-0.2, 0) is 6.42 Å². The summed E-state index contributed by atoms with van der Waals surface area (Å²) in [6.07, 6.45) is 3.06. The second-order valence-electron chi connectivity index (χ2n) is 1.78. The first-order chi connectivity index (χ1) is 4.83. The van der Waals surface area contributed by atoms with E-state index in [1.807, 2.05) is 0 Å². The van der Waals surface area contributed by atoms with Crippen LogP contribution in [0.15, 0.2) is 0 Å². The maximum atomic E-state index is 5.39. The Hall–Kier alpha value is -0.290. The molecule has 1 rings (SSSR count). The molecule has 56 valence electrons. The van der Waals surface area contributed by atoms with Crippen molar-refractivity contribution in [2.45, 2.75) is 6.42 Å². The Morgan fingerprint density at radius 1 is 1.60 bits per heavy atom. The Morgan fingerprint density at radius 2 is 2.40 bits per heavy atom. The number of rotatable bonds is 3. The first kappa shape index (κ1) is 7.81. The first-order valence-corrected chi connectivity index (χ1v) is 5.10. The van der Waals surface area contributed by atoms with Gasteiger partial charge in [-0.2, -0.15) is 11.8 Å². The van der Waals surface area contributed by atoms with Crippen LogP contribution < -0.4 is 5.73 Å². The number of aromatic nitrogens is 2. The normalized spacial score (nSPS) is 10.1. The summed E-state index contributed by atoms with van der Waals surface area (Å²) in [5, 5.41) is 9.19. The van der Waals surface area contributed by atoms with Crippen LogP contribution in [0.2, 0.25) is 0 Å². The number of aryl methyl sites for hydroxylation is 1. The van der Waals surface area contributed by atoms with E-state index in [0.29, 0.717) is 5.13 Å². The number of nitrogens with zero attached hydrogens (tertiary/aromatic N) is 2. The van der Waals surface area contributed by atoms with Gasteiger partial charge in [0.1, 0.15) is 5.01 Å². The van der Waals surface area contributed by atoms with Crippen LogP contribution in [0.4, 0.5) is 5.13 Å². The standard InChI is InChI=1S/C5H9N3S2/c1-9-3-2-4-7-8-5(6)10-4/h2-3H2,1H3,(H2,6,8). The number of thioether (sulfide) groups is 1. The molecule has 0 fully saturated rings. The summed E-state index contributed by atoms with van der Waals surface area (Å²) in [7, 11) is 0. The molecule has 0 aliphatic heterocycles. The molecule has 2 N–H and O–H groups in total. The Labute approximate surface area is 68.0 Å². The van der Waals surface area contributed by atoms with Gasteiger partial charge in [0, 0.05) is 6.42 Å². The molecule has 1 aromatic rings. The average Bonchev–Trinajstić information content (AvgIpc) is 2.31. The van der Waals surface area contributed by atoms with Gasteiger partial charge in [0.15, 0.2) is 0 Å². The van der Waals surface area contributed by atoms with Gasteiger partial charge in [-0.25, -0.2) is 0 Å². The Bertz CT molecular complexity index is 199. The van der Waals surface area contributed by atoms with Crippen molar-refractivity contribution < 1.29 is 0 Å². The highest BCUT2D eigenvalue weighted by Gasteiger charge is 1.98. The molecule has 0 aromatic carbocycles. The molecule has 0 aliphatic rings. The van der Waals surface area contributed by atoms with Crippen LogP contribution in [0.3, 0.4) is 0 Å². The maximum absolute atomic E-state index is 5.39. The maximum Gasteiger partial charge on any atom is 0.203 e. The molecule has 3 nitrogen and oxygen atoms in total. The lowest BCUT2D eigenvalue weighted by Gasteiger charge is -1.88. The van der Waals surface area contributed by atoms with E-state index in [4.69, 9.17) is 5.73 Å². The molecule has 0 radical (unpaired) electrons. The van der Waals surface area contributed by atoms with Gasteiger partial charge in [0.25, 0.3) is 0 Å². The summed E-state index contributed by atoms with van der Waals surface area (Å²) in [6, 6.07) is 0. The van der Waals surface area contributed by atoms with Crippen molar-refractivity contribution in [3.05, 3.63) is 5.01 Å². The van der Waals surface area contributed by atoms with Crippen LogP contribution in [0.1, 0.15) is 5.01 Å². The van der Waals surface area contributed by atoms with Gasteiger partial charge in [0.2, 0.25) is 5.13 Å². The highest BCUT2D eigenvalue weighted by Crippen LogP contribution is 2.12.